The van der Waals surface area contributed by atoms with Gasteiger partial charge in [0.2, 0.25) is 0 Å². The van der Waals surface area contributed by atoms with Crippen LogP contribution < -0.4 is 0 Å². The number of hydrogen-bond donors (Lipinski definition) is 1. The van der Waals surface area contributed by atoms with E-state index in [1.54, 1.807) is 0 Å². The first-order chi connectivity index (χ1) is 13.3. The fraction of sp³-hybridized carbons (Fsp3) is 0.375. The molecule has 2 fully saturated rings. The van der Waals surface area contributed by atoms with Crippen molar-refractivity contribution in [2.75, 3.05) is 6.61 Å². The van der Waals surface area contributed by atoms with Crippen LogP contribution in [0.3, 0.4) is 0 Å². The summed E-state index contributed by atoms with van der Waals surface area (Å²) in [5, 5.41) is 12.9. The first-order valence-electron chi connectivity index (χ1n) is 10.0. The highest BCUT2D eigenvalue weighted by Crippen LogP contribution is 2.52. The lowest BCUT2D eigenvalue weighted by Crippen LogP contribution is -2.41. The van der Waals surface area contributed by atoms with Crippen molar-refractivity contribution in [1.29, 1.82) is 0 Å². The summed E-state index contributed by atoms with van der Waals surface area (Å²) in [5.41, 5.74) is 2.71. The summed E-state index contributed by atoms with van der Waals surface area (Å²) in [7, 11) is 0. The number of fused-ring (bicyclic) bond motifs is 3. The van der Waals surface area contributed by atoms with Gasteiger partial charge in [-0.05, 0) is 48.3 Å². The van der Waals surface area contributed by atoms with E-state index >= 15 is 0 Å². The van der Waals surface area contributed by atoms with Crippen molar-refractivity contribution in [2.24, 2.45) is 5.41 Å². The second kappa shape index (κ2) is 6.74. The van der Waals surface area contributed by atoms with Gasteiger partial charge in [0.25, 0.3) is 0 Å². The number of aliphatic hydroxyl groups excluding tert-OH is 1. The SMILES string of the molecule is OC[C@]1(Cc2ccccc2)C[C@@H]2CC[C@H]1N2Cc1cccc2cnccc12. The standard InChI is InChI=1S/C24H26N2O/c27-17-24(13-18-5-2-1-3-6-18)14-21-9-10-23(24)26(21)16-20-8-4-7-19-15-25-12-11-22(19)20/h1-8,11-12,15,21,23,27H,9-10,13-14,16-17H2/t21-,23+,24-/m0/s1. The summed E-state index contributed by atoms with van der Waals surface area (Å²) in [5.74, 6) is 0. The molecule has 2 bridgehead atoms. The van der Waals surface area contributed by atoms with Gasteiger partial charge in [-0.1, -0.05) is 48.5 Å². The zero-order valence-electron chi connectivity index (χ0n) is 15.6. The van der Waals surface area contributed by atoms with Gasteiger partial charge in [-0.3, -0.25) is 9.88 Å². The smallest absolute Gasteiger partial charge is 0.0506 e. The van der Waals surface area contributed by atoms with Gasteiger partial charge in [-0.2, -0.15) is 0 Å². The highest BCUT2D eigenvalue weighted by atomic mass is 16.3. The summed E-state index contributed by atoms with van der Waals surface area (Å²) in [6, 6.07) is 20.4. The topological polar surface area (TPSA) is 36.4 Å². The van der Waals surface area contributed by atoms with E-state index in [0.29, 0.717) is 12.1 Å². The average molecular weight is 358 g/mol. The van der Waals surface area contributed by atoms with E-state index in [-0.39, 0.29) is 12.0 Å². The lowest BCUT2D eigenvalue weighted by atomic mass is 9.70. The second-order valence-corrected chi connectivity index (χ2v) is 8.32. The highest BCUT2D eigenvalue weighted by Gasteiger charge is 2.55. The fourth-order valence-electron chi connectivity index (χ4n) is 5.60. The molecule has 0 spiro atoms. The molecule has 2 saturated heterocycles. The molecule has 138 valence electrons. The van der Waals surface area contributed by atoms with Crippen molar-refractivity contribution >= 4 is 10.8 Å². The molecule has 3 aromatic rings. The van der Waals surface area contributed by atoms with Crippen LogP contribution in [0, 0.1) is 5.41 Å². The van der Waals surface area contributed by atoms with E-state index in [9.17, 15) is 5.11 Å². The van der Waals surface area contributed by atoms with E-state index in [0.717, 1.165) is 19.4 Å². The molecule has 1 aromatic heterocycles. The Morgan fingerprint density at radius 3 is 2.78 bits per heavy atom. The van der Waals surface area contributed by atoms with Crippen molar-refractivity contribution in [1.82, 2.24) is 9.88 Å². The Morgan fingerprint density at radius 1 is 1.04 bits per heavy atom. The number of nitrogens with zero attached hydrogens (tertiary/aromatic N) is 2. The molecule has 0 amide bonds. The number of rotatable bonds is 5. The third kappa shape index (κ3) is 2.86. The molecule has 2 aliphatic heterocycles. The van der Waals surface area contributed by atoms with Gasteiger partial charge in [0.15, 0.2) is 0 Å². The summed E-state index contributed by atoms with van der Waals surface area (Å²) >= 11 is 0. The minimum absolute atomic E-state index is 0.00356. The molecule has 0 radical (unpaired) electrons. The molecule has 3 nitrogen and oxygen atoms in total. The number of hydrogen-bond acceptors (Lipinski definition) is 3. The molecular weight excluding hydrogens is 332 g/mol. The lowest BCUT2D eigenvalue weighted by molar-refractivity contribution is 0.0751. The van der Waals surface area contributed by atoms with E-state index in [1.165, 1.54) is 34.7 Å². The van der Waals surface area contributed by atoms with Crippen LogP contribution in [0.2, 0.25) is 0 Å². The fourth-order valence-corrected chi connectivity index (χ4v) is 5.60. The minimum atomic E-state index is -0.00356. The van der Waals surface area contributed by atoms with E-state index in [2.05, 4.69) is 64.5 Å². The Labute approximate surface area is 160 Å². The number of pyridine rings is 1. The lowest BCUT2D eigenvalue weighted by Gasteiger charge is -2.36. The van der Waals surface area contributed by atoms with Crippen molar-refractivity contribution in [3.05, 3.63) is 78.1 Å². The summed E-state index contributed by atoms with van der Waals surface area (Å²) in [6.07, 6.45) is 8.37. The Balaban J connectivity index is 1.44. The normalized spacial score (nSPS) is 27.4. The Bertz CT molecular complexity index is 936. The van der Waals surface area contributed by atoms with Gasteiger partial charge in [-0.25, -0.2) is 0 Å². The van der Waals surface area contributed by atoms with Crippen LogP contribution >= 0.6 is 0 Å². The van der Waals surface area contributed by atoms with Crippen LogP contribution in [0.4, 0.5) is 0 Å². The van der Waals surface area contributed by atoms with Crippen LogP contribution in [0.25, 0.3) is 10.8 Å². The van der Waals surface area contributed by atoms with Gasteiger partial charge in [-0.15, -0.1) is 0 Å². The zero-order chi connectivity index (χ0) is 18.3. The molecule has 0 aliphatic carbocycles. The third-order valence-electron chi connectivity index (χ3n) is 6.83. The van der Waals surface area contributed by atoms with Crippen LogP contribution in [0.15, 0.2) is 67.0 Å². The number of aliphatic hydroxyl groups is 1. The monoisotopic (exact) mass is 358 g/mol. The number of aromatic nitrogens is 1. The molecule has 2 aromatic carbocycles. The Hall–Kier alpha value is -2.23. The molecule has 0 saturated carbocycles. The van der Waals surface area contributed by atoms with Crippen LogP contribution in [0.5, 0.6) is 0 Å². The van der Waals surface area contributed by atoms with Crippen molar-refractivity contribution in [2.45, 2.75) is 44.3 Å². The molecule has 2 aliphatic rings. The predicted octanol–water partition coefficient (Wildman–Crippen LogP) is 4.19. The summed E-state index contributed by atoms with van der Waals surface area (Å²) in [6.45, 7) is 1.24. The van der Waals surface area contributed by atoms with Crippen LogP contribution in [0.1, 0.15) is 30.4 Å². The quantitative estimate of drug-likeness (QED) is 0.743. The van der Waals surface area contributed by atoms with Crippen molar-refractivity contribution in [3.63, 3.8) is 0 Å². The first-order valence-corrected chi connectivity index (χ1v) is 10.0. The zero-order valence-corrected chi connectivity index (χ0v) is 15.6. The molecule has 3 atom stereocenters. The van der Waals surface area contributed by atoms with E-state index in [4.69, 9.17) is 0 Å². The molecule has 3 heteroatoms. The number of benzene rings is 2. The van der Waals surface area contributed by atoms with Crippen LogP contribution in [-0.2, 0) is 13.0 Å². The Morgan fingerprint density at radius 2 is 1.93 bits per heavy atom. The van der Waals surface area contributed by atoms with E-state index < -0.39 is 0 Å². The third-order valence-corrected chi connectivity index (χ3v) is 6.83. The Kier molecular flexibility index (Phi) is 4.22. The predicted molar refractivity (Wildman–Crippen MR) is 108 cm³/mol. The van der Waals surface area contributed by atoms with Gasteiger partial charge in [0, 0.05) is 41.8 Å². The maximum absolute atomic E-state index is 10.4. The van der Waals surface area contributed by atoms with E-state index in [1.807, 2.05) is 12.4 Å². The van der Waals surface area contributed by atoms with Gasteiger partial charge < -0.3 is 5.11 Å². The van der Waals surface area contributed by atoms with Gasteiger partial charge in [0.05, 0.1) is 6.61 Å². The van der Waals surface area contributed by atoms with Crippen LogP contribution in [-0.4, -0.2) is 33.7 Å². The molecule has 0 unspecified atom stereocenters. The maximum Gasteiger partial charge on any atom is 0.0506 e. The highest BCUT2D eigenvalue weighted by molar-refractivity contribution is 5.84. The van der Waals surface area contributed by atoms with Gasteiger partial charge in [0.1, 0.15) is 0 Å². The molecule has 5 rings (SSSR count). The summed E-state index contributed by atoms with van der Waals surface area (Å²) in [4.78, 5) is 6.94. The van der Waals surface area contributed by atoms with Crippen molar-refractivity contribution in [3.8, 4) is 0 Å². The average Bonchev–Trinajstić information content (AvgIpc) is 3.24. The molecule has 3 heterocycles. The minimum Gasteiger partial charge on any atom is -0.396 e. The van der Waals surface area contributed by atoms with Crippen molar-refractivity contribution < 1.29 is 5.11 Å². The summed E-state index contributed by atoms with van der Waals surface area (Å²) < 4.78 is 0. The largest absolute Gasteiger partial charge is 0.396 e. The first kappa shape index (κ1) is 16.9. The molecule has 27 heavy (non-hydrogen) atoms. The molecular formula is C24H26N2O. The molecule has 1 N–H and O–H groups in total. The second-order valence-electron chi connectivity index (χ2n) is 8.32. The van der Waals surface area contributed by atoms with Gasteiger partial charge >= 0.3 is 0 Å². The maximum atomic E-state index is 10.4.